The summed E-state index contributed by atoms with van der Waals surface area (Å²) in [6.07, 6.45) is 6.61. The van der Waals surface area contributed by atoms with Crippen LogP contribution in [0.15, 0.2) is 30.0 Å². The molecule has 2 rings (SSSR count). The Balaban J connectivity index is 1.91. The Bertz CT molecular complexity index is 395. The van der Waals surface area contributed by atoms with Crippen molar-refractivity contribution in [1.29, 1.82) is 0 Å². The molecule has 0 atom stereocenters. The van der Waals surface area contributed by atoms with Crippen LogP contribution in [0.3, 0.4) is 0 Å². The standard InChI is InChI=1S/C15H23N3/c1-3-8-16-11-14-4-5-15(17-12-14)18-9-6-13(2)7-10-18/h4-6,12,16H,3,7-11H2,1-2H3. The Kier molecular flexibility index (Phi) is 4.76. The van der Waals surface area contributed by atoms with Crippen LogP contribution in [0.25, 0.3) is 0 Å². The molecule has 1 aliphatic heterocycles. The van der Waals surface area contributed by atoms with Gasteiger partial charge in [-0.2, -0.15) is 0 Å². The van der Waals surface area contributed by atoms with E-state index in [-0.39, 0.29) is 0 Å². The van der Waals surface area contributed by atoms with Crippen LogP contribution in [0, 0.1) is 0 Å². The zero-order valence-electron chi connectivity index (χ0n) is 11.4. The molecule has 98 valence electrons. The summed E-state index contributed by atoms with van der Waals surface area (Å²) in [5.74, 6) is 1.10. The van der Waals surface area contributed by atoms with Crippen molar-refractivity contribution in [2.24, 2.45) is 0 Å². The summed E-state index contributed by atoms with van der Waals surface area (Å²) in [5, 5.41) is 3.39. The molecule has 0 aromatic carbocycles. The summed E-state index contributed by atoms with van der Waals surface area (Å²) in [6.45, 7) is 8.45. The molecule has 0 fully saturated rings. The van der Waals surface area contributed by atoms with Crippen molar-refractivity contribution in [3.05, 3.63) is 35.5 Å². The van der Waals surface area contributed by atoms with Gasteiger partial charge in [-0.1, -0.05) is 24.6 Å². The summed E-state index contributed by atoms with van der Waals surface area (Å²) in [4.78, 5) is 6.89. The fourth-order valence-corrected chi connectivity index (χ4v) is 2.10. The van der Waals surface area contributed by atoms with E-state index in [1.54, 1.807) is 0 Å². The molecule has 0 aliphatic carbocycles. The first kappa shape index (κ1) is 13.1. The van der Waals surface area contributed by atoms with E-state index in [1.807, 2.05) is 6.20 Å². The van der Waals surface area contributed by atoms with Gasteiger partial charge < -0.3 is 10.2 Å². The first-order chi connectivity index (χ1) is 8.79. The normalized spacial score (nSPS) is 15.7. The van der Waals surface area contributed by atoms with Crippen molar-refractivity contribution in [3.63, 3.8) is 0 Å². The van der Waals surface area contributed by atoms with Gasteiger partial charge in [-0.15, -0.1) is 0 Å². The average molecular weight is 245 g/mol. The van der Waals surface area contributed by atoms with Crippen LogP contribution >= 0.6 is 0 Å². The predicted molar refractivity (Wildman–Crippen MR) is 76.8 cm³/mol. The lowest BCUT2D eigenvalue weighted by Gasteiger charge is -2.26. The zero-order chi connectivity index (χ0) is 12.8. The van der Waals surface area contributed by atoms with Gasteiger partial charge in [0, 0.05) is 25.8 Å². The Morgan fingerprint density at radius 1 is 1.39 bits per heavy atom. The summed E-state index contributed by atoms with van der Waals surface area (Å²) in [7, 11) is 0. The third-order valence-corrected chi connectivity index (χ3v) is 3.33. The number of rotatable bonds is 5. The topological polar surface area (TPSA) is 28.2 Å². The Morgan fingerprint density at radius 3 is 2.89 bits per heavy atom. The number of nitrogens with one attached hydrogen (secondary N) is 1. The van der Waals surface area contributed by atoms with Gasteiger partial charge in [0.25, 0.3) is 0 Å². The van der Waals surface area contributed by atoms with Crippen LogP contribution in [-0.2, 0) is 6.54 Å². The van der Waals surface area contributed by atoms with E-state index in [2.05, 4.69) is 47.3 Å². The van der Waals surface area contributed by atoms with Gasteiger partial charge in [0.1, 0.15) is 5.82 Å². The largest absolute Gasteiger partial charge is 0.353 e. The SMILES string of the molecule is CCCNCc1ccc(N2CC=C(C)CC2)nc1. The number of pyridine rings is 1. The van der Waals surface area contributed by atoms with Crippen LogP contribution in [-0.4, -0.2) is 24.6 Å². The second-order valence-corrected chi connectivity index (χ2v) is 4.95. The lowest BCUT2D eigenvalue weighted by atomic mass is 10.1. The molecule has 3 heteroatoms. The van der Waals surface area contributed by atoms with E-state index >= 15 is 0 Å². The third-order valence-electron chi connectivity index (χ3n) is 3.33. The molecular formula is C15H23N3. The molecule has 1 N–H and O–H groups in total. The van der Waals surface area contributed by atoms with Gasteiger partial charge in [0.15, 0.2) is 0 Å². The fourth-order valence-electron chi connectivity index (χ4n) is 2.10. The Labute approximate surface area is 110 Å². The molecule has 0 saturated heterocycles. The van der Waals surface area contributed by atoms with Crippen molar-refractivity contribution in [2.45, 2.75) is 33.2 Å². The maximum absolute atomic E-state index is 4.56. The Hall–Kier alpha value is -1.35. The molecule has 0 bridgehead atoms. The lowest BCUT2D eigenvalue weighted by molar-refractivity contribution is 0.673. The van der Waals surface area contributed by atoms with Gasteiger partial charge in [-0.05, 0) is 37.9 Å². The summed E-state index contributed by atoms with van der Waals surface area (Å²) >= 11 is 0. The van der Waals surface area contributed by atoms with Gasteiger partial charge in [-0.25, -0.2) is 4.98 Å². The number of hydrogen-bond donors (Lipinski definition) is 1. The predicted octanol–water partition coefficient (Wildman–Crippen LogP) is 2.74. The number of hydrogen-bond acceptors (Lipinski definition) is 3. The molecule has 2 heterocycles. The minimum Gasteiger partial charge on any atom is -0.353 e. The fraction of sp³-hybridized carbons (Fsp3) is 0.533. The maximum Gasteiger partial charge on any atom is 0.128 e. The van der Waals surface area contributed by atoms with Crippen molar-refractivity contribution in [1.82, 2.24) is 10.3 Å². The molecule has 0 spiro atoms. The molecule has 0 amide bonds. The number of anilines is 1. The number of aromatic nitrogens is 1. The smallest absolute Gasteiger partial charge is 0.128 e. The molecule has 3 nitrogen and oxygen atoms in total. The highest BCUT2D eigenvalue weighted by molar-refractivity contribution is 5.41. The molecular weight excluding hydrogens is 222 g/mol. The van der Waals surface area contributed by atoms with Crippen LogP contribution in [0.2, 0.25) is 0 Å². The van der Waals surface area contributed by atoms with Gasteiger partial charge in [-0.3, -0.25) is 0 Å². The summed E-state index contributed by atoms with van der Waals surface area (Å²) < 4.78 is 0. The van der Waals surface area contributed by atoms with Gasteiger partial charge in [0.2, 0.25) is 0 Å². The van der Waals surface area contributed by atoms with Gasteiger partial charge in [0.05, 0.1) is 0 Å². The van der Waals surface area contributed by atoms with Crippen LogP contribution in [0.1, 0.15) is 32.3 Å². The average Bonchev–Trinajstić information content (AvgIpc) is 2.41. The van der Waals surface area contributed by atoms with Crippen molar-refractivity contribution in [3.8, 4) is 0 Å². The van der Waals surface area contributed by atoms with Gasteiger partial charge >= 0.3 is 0 Å². The molecule has 1 aromatic rings. The first-order valence-corrected chi connectivity index (χ1v) is 6.86. The highest BCUT2D eigenvalue weighted by Crippen LogP contribution is 2.17. The third kappa shape index (κ3) is 3.57. The van der Waals surface area contributed by atoms with Crippen molar-refractivity contribution < 1.29 is 0 Å². The minimum absolute atomic E-state index is 0.917. The number of nitrogens with zero attached hydrogens (tertiary/aromatic N) is 2. The van der Waals surface area contributed by atoms with E-state index in [1.165, 1.54) is 17.6 Å². The molecule has 0 saturated carbocycles. The summed E-state index contributed by atoms with van der Waals surface area (Å²) in [6, 6.07) is 4.31. The van der Waals surface area contributed by atoms with E-state index in [4.69, 9.17) is 0 Å². The lowest BCUT2D eigenvalue weighted by Crippen LogP contribution is -2.28. The monoisotopic (exact) mass is 245 g/mol. The minimum atomic E-state index is 0.917. The second-order valence-electron chi connectivity index (χ2n) is 4.95. The quantitative estimate of drug-likeness (QED) is 0.638. The highest BCUT2D eigenvalue weighted by atomic mass is 15.2. The molecule has 1 aromatic heterocycles. The van der Waals surface area contributed by atoms with Crippen LogP contribution < -0.4 is 10.2 Å². The second kappa shape index (κ2) is 6.55. The molecule has 1 aliphatic rings. The first-order valence-electron chi connectivity index (χ1n) is 6.86. The Morgan fingerprint density at radius 2 is 2.28 bits per heavy atom. The zero-order valence-corrected chi connectivity index (χ0v) is 11.4. The van der Waals surface area contributed by atoms with Crippen molar-refractivity contribution >= 4 is 5.82 Å². The van der Waals surface area contributed by atoms with E-state index in [0.717, 1.165) is 38.4 Å². The highest BCUT2D eigenvalue weighted by Gasteiger charge is 2.10. The van der Waals surface area contributed by atoms with E-state index in [9.17, 15) is 0 Å². The molecule has 18 heavy (non-hydrogen) atoms. The van der Waals surface area contributed by atoms with Crippen molar-refractivity contribution in [2.75, 3.05) is 24.5 Å². The summed E-state index contributed by atoms with van der Waals surface area (Å²) in [5.41, 5.74) is 2.75. The maximum atomic E-state index is 4.56. The van der Waals surface area contributed by atoms with Crippen LogP contribution in [0.5, 0.6) is 0 Å². The van der Waals surface area contributed by atoms with E-state index in [0.29, 0.717) is 0 Å². The van der Waals surface area contributed by atoms with E-state index < -0.39 is 0 Å². The molecule has 0 unspecified atom stereocenters. The molecule has 0 radical (unpaired) electrons. The van der Waals surface area contributed by atoms with Crippen LogP contribution in [0.4, 0.5) is 5.82 Å².